The van der Waals surface area contributed by atoms with E-state index in [9.17, 15) is 0 Å². The van der Waals surface area contributed by atoms with Crippen LogP contribution in [0.5, 0.6) is 0 Å². The van der Waals surface area contributed by atoms with Gasteiger partial charge in [-0.25, -0.2) is 0 Å². The first-order valence-electron chi connectivity index (χ1n) is 7.12. The molecule has 0 amide bonds. The molecule has 0 spiro atoms. The SMILES string of the molecule is CC(C)C1CCCC(N)(Cc2ccc(Br)cc2Cl)C1. The second-order valence-corrected chi connectivity index (χ2v) is 7.70. The second kappa shape index (κ2) is 6.15. The van der Waals surface area contributed by atoms with Crippen LogP contribution in [0.3, 0.4) is 0 Å². The standard InChI is InChI=1S/C16H23BrClN/c1-11(2)12-4-3-7-16(19,9-12)10-13-5-6-14(17)8-15(13)18/h5-6,8,11-12H,3-4,7,9-10,19H2,1-2H3. The van der Waals surface area contributed by atoms with Crippen molar-refractivity contribution in [1.29, 1.82) is 0 Å². The van der Waals surface area contributed by atoms with Crippen LogP contribution in [0.4, 0.5) is 0 Å². The molecule has 2 N–H and O–H groups in total. The Morgan fingerprint density at radius 2 is 2.21 bits per heavy atom. The Morgan fingerprint density at radius 3 is 2.84 bits per heavy atom. The summed E-state index contributed by atoms with van der Waals surface area (Å²) >= 11 is 9.77. The van der Waals surface area contributed by atoms with Crippen LogP contribution in [-0.2, 0) is 6.42 Å². The molecule has 1 fully saturated rings. The Labute approximate surface area is 130 Å². The fourth-order valence-corrected chi connectivity index (χ4v) is 3.96. The van der Waals surface area contributed by atoms with E-state index in [1.807, 2.05) is 12.1 Å². The number of rotatable bonds is 3. The van der Waals surface area contributed by atoms with Crippen LogP contribution >= 0.6 is 27.5 Å². The van der Waals surface area contributed by atoms with E-state index in [1.54, 1.807) is 0 Å². The van der Waals surface area contributed by atoms with Crippen LogP contribution in [0.25, 0.3) is 0 Å². The third kappa shape index (κ3) is 3.96. The van der Waals surface area contributed by atoms with Crippen LogP contribution < -0.4 is 5.73 Å². The van der Waals surface area contributed by atoms with Gasteiger partial charge in [-0.1, -0.05) is 60.3 Å². The van der Waals surface area contributed by atoms with Crippen molar-refractivity contribution in [2.45, 2.75) is 51.5 Å². The normalized spacial score (nSPS) is 27.8. The first-order valence-corrected chi connectivity index (χ1v) is 8.29. The maximum atomic E-state index is 6.66. The summed E-state index contributed by atoms with van der Waals surface area (Å²) in [5, 5.41) is 0.825. The highest BCUT2D eigenvalue weighted by Crippen LogP contribution is 2.38. The number of benzene rings is 1. The molecule has 1 aromatic rings. The molecule has 0 aliphatic heterocycles. The van der Waals surface area contributed by atoms with E-state index in [2.05, 4.69) is 35.8 Å². The van der Waals surface area contributed by atoms with Crippen LogP contribution in [0.1, 0.15) is 45.1 Å². The van der Waals surface area contributed by atoms with Crippen molar-refractivity contribution in [3.63, 3.8) is 0 Å². The molecule has 1 nitrogen and oxygen atoms in total. The minimum Gasteiger partial charge on any atom is -0.325 e. The first-order chi connectivity index (χ1) is 8.89. The molecule has 0 heterocycles. The van der Waals surface area contributed by atoms with Gasteiger partial charge in [-0.15, -0.1) is 0 Å². The second-order valence-electron chi connectivity index (χ2n) is 6.38. The molecular weight excluding hydrogens is 322 g/mol. The number of hydrogen-bond acceptors (Lipinski definition) is 1. The third-order valence-electron chi connectivity index (χ3n) is 4.42. The van der Waals surface area contributed by atoms with Crippen molar-refractivity contribution in [2.24, 2.45) is 17.6 Å². The highest BCUT2D eigenvalue weighted by atomic mass is 79.9. The largest absolute Gasteiger partial charge is 0.325 e. The molecule has 3 heteroatoms. The van der Waals surface area contributed by atoms with Crippen LogP contribution in [0, 0.1) is 11.8 Å². The van der Waals surface area contributed by atoms with Crippen molar-refractivity contribution < 1.29 is 0 Å². The number of hydrogen-bond donors (Lipinski definition) is 1. The lowest BCUT2D eigenvalue weighted by Crippen LogP contribution is -2.47. The Hall–Kier alpha value is -0.0500. The fourth-order valence-electron chi connectivity index (χ4n) is 3.22. The quantitative estimate of drug-likeness (QED) is 0.802. The Kier molecular flexibility index (Phi) is 4.97. The van der Waals surface area contributed by atoms with E-state index in [4.69, 9.17) is 17.3 Å². The molecule has 1 aromatic carbocycles. The number of halogens is 2. The monoisotopic (exact) mass is 343 g/mol. The van der Waals surface area contributed by atoms with Gasteiger partial charge in [-0.2, -0.15) is 0 Å². The van der Waals surface area contributed by atoms with E-state index in [0.717, 1.165) is 40.6 Å². The van der Waals surface area contributed by atoms with Gasteiger partial charge in [0.15, 0.2) is 0 Å². The third-order valence-corrected chi connectivity index (χ3v) is 5.26. The lowest BCUT2D eigenvalue weighted by Gasteiger charge is -2.40. The van der Waals surface area contributed by atoms with Gasteiger partial charge in [0.25, 0.3) is 0 Å². The summed E-state index contributed by atoms with van der Waals surface area (Å²) in [7, 11) is 0. The van der Waals surface area contributed by atoms with Crippen molar-refractivity contribution >= 4 is 27.5 Å². The van der Waals surface area contributed by atoms with Gasteiger partial charge in [-0.05, 0) is 48.8 Å². The van der Waals surface area contributed by atoms with Gasteiger partial charge >= 0.3 is 0 Å². The average molecular weight is 345 g/mol. The molecule has 19 heavy (non-hydrogen) atoms. The van der Waals surface area contributed by atoms with E-state index in [0.29, 0.717) is 0 Å². The van der Waals surface area contributed by atoms with Crippen molar-refractivity contribution in [2.75, 3.05) is 0 Å². The highest BCUT2D eigenvalue weighted by molar-refractivity contribution is 9.10. The molecule has 1 saturated carbocycles. The lowest BCUT2D eigenvalue weighted by atomic mass is 9.70. The molecule has 0 radical (unpaired) electrons. The van der Waals surface area contributed by atoms with Gasteiger partial charge in [0.1, 0.15) is 0 Å². The zero-order valence-electron chi connectivity index (χ0n) is 11.8. The summed E-state index contributed by atoms with van der Waals surface area (Å²) in [6.07, 6.45) is 5.69. The summed E-state index contributed by atoms with van der Waals surface area (Å²) in [5.74, 6) is 1.48. The molecule has 0 aromatic heterocycles. The first kappa shape index (κ1) is 15.3. The fraction of sp³-hybridized carbons (Fsp3) is 0.625. The predicted molar refractivity (Wildman–Crippen MR) is 86.6 cm³/mol. The molecular formula is C16H23BrClN. The number of nitrogens with two attached hydrogens (primary N) is 1. The smallest absolute Gasteiger partial charge is 0.0449 e. The molecule has 0 bridgehead atoms. The Balaban J connectivity index is 2.12. The van der Waals surface area contributed by atoms with Crippen LogP contribution in [0.2, 0.25) is 5.02 Å². The van der Waals surface area contributed by atoms with Gasteiger partial charge in [0, 0.05) is 15.0 Å². The van der Waals surface area contributed by atoms with Crippen LogP contribution in [-0.4, -0.2) is 5.54 Å². The minimum absolute atomic E-state index is 0.0787. The molecule has 1 aliphatic rings. The summed E-state index contributed by atoms with van der Waals surface area (Å²) in [6, 6.07) is 6.11. The molecule has 0 saturated heterocycles. The maximum absolute atomic E-state index is 6.66. The van der Waals surface area contributed by atoms with Crippen molar-refractivity contribution in [1.82, 2.24) is 0 Å². The zero-order chi connectivity index (χ0) is 14.0. The zero-order valence-corrected chi connectivity index (χ0v) is 14.1. The summed E-state index contributed by atoms with van der Waals surface area (Å²) in [5.41, 5.74) is 7.75. The highest BCUT2D eigenvalue weighted by Gasteiger charge is 2.34. The Bertz CT molecular complexity index is 446. The summed E-state index contributed by atoms with van der Waals surface area (Å²) in [6.45, 7) is 4.62. The van der Waals surface area contributed by atoms with Gasteiger partial charge < -0.3 is 5.73 Å². The van der Waals surface area contributed by atoms with Crippen molar-refractivity contribution in [3.8, 4) is 0 Å². The topological polar surface area (TPSA) is 26.0 Å². The van der Waals surface area contributed by atoms with Crippen LogP contribution in [0.15, 0.2) is 22.7 Å². The van der Waals surface area contributed by atoms with E-state index in [-0.39, 0.29) is 5.54 Å². The summed E-state index contributed by atoms with van der Waals surface area (Å²) < 4.78 is 1.02. The molecule has 106 valence electrons. The van der Waals surface area contributed by atoms with Gasteiger partial charge in [0.05, 0.1) is 0 Å². The molecule has 2 atom stereocenters. The van der Waals surface area contributed by atoms with Gasteiger partial charge in [-0.3, -0.25) is 0 Å². The Morgan fingerprint density at radius 1 is 1.47 bits per heavy atom. The van der Waals surface area contributed by atoms with Gasteiger partial charge in [0.2, 0.25) is 0 Å². The maximum Gasteiger partial charge on any atom is 0.0449 e. The van der Waals surface area contributed by atoms with E-state index < -0.39 is 0 Å². The van der Waals surface area contributed by atoms with E-state index in [1.165, 1.54) is 18.4 Å². The molecule has 1 aliphatic carbocycles. The van der Waals surface area contributed by atoms with Crippen molar-refractivity contribution in [3.05, 3.63) is 33.3 Å². The lowest BCUT2D eigenvalue weighted by molar-refractivity contribution is 0.182. The predicted octanol–water partition coefficient (Wildman–Crippen LogP) is 5.19. The van der Waals surface area contributed by atoms with E-state index >= 15 is 0 Å². The molecule has 2 unspecified atom stereocenters. The minimum atomic E-state index is -0.0787. The summed E-state index contributed by atoms with van der Waals surface area (Å²) in [4.78, 5) is 0. The molecule has 2 rings (SSSR count). The average Bonchev–Trinajstić information content (AvgIpc) is 2.33.